The van der Waals surface area contributed by atoms with E-state index in [9.17, 15) is 23.6 Å². The number of halogens is 2. The van der Waals surface area contributed by atoms with Crippen molar-refractivity contribution in [2.45, 2.75) is 42.3 Å². The van der Waals surface area contributed by atoms with Gasteiger partial charge in [0.1, 0.15) is 6.17 Å². The number of esters is 1. The number of hydrogen-bond acceptors (Lipinski definition) is 11. The van der Waals surface area contributed by atoms with E-state index >= 15 is 4.39 Å². The van der Waals surface area contributed by atoms with Crippen LogP contribution in [-0.2, 0) is 29.5 Å². The van der Waals surface area contributed by atoms with Gasteiger partial charge in [-0.2, -0.15) is 0 Å². The monoisotopic (exact) mass is 659 g/mol. The number of hydrogen-bond donors (Lipinski definition) is 2. The summed E-state index contributed by atoms with van der Waals surface area (Å²) in [7, 11) is 1.13. The minimum Gasteiger partial charge on any atom is -0.466 e. The summed E-state index contributed by atoms with van der Waals surface area (Å²) in [5.41, 5.74) is -0.999. The number of morpholine rings is 1. The van der Waals surface area contributed by atoms with Crippen molar-refractivity contribution in [3.63, 3.8) is 0 Å². The summed E-state index contributed by atoms with van der Waals surface area (Å²) in [6.07, 6.45) is -0.774. The van der Waals surface area contributed by atoms with Gasteiger partial charge in [0.2, 0.25) is 17.8 Å². The fourth-order valence-electron chi connectivity index (χ4n) is 5.12. The second kappa shape index (κ2) is 13.9. The molecule has 1 saturated heterocycles. The van der Waals surface area contributed by atoms with Crippen LogP contribution in [0.1, 0.15) is 47.1 Å². The number of carbonyl (C=O) groups is 3. The summed E-state index contributed by atoms with van der Waals surface area (Å²) in [5, 5.41) is 3.41. The molecule has 2 aliphatic heterocycles. The average molecular weight is 660 g/mol. The van der Waals surface area contributed by atoms with Gasteiger partial charge in [-0.25, -0.2) is 18.4 Å². The molecule has 12 nitrogen and oxygen atoms in total. The molecular formula is C31H31F2N3O9S. The smallest absolute Gasteiger partial charge is 0.466 e. The lowest BCUT2D eigenvalue weighted by molar-refractivity contribution is -0.161. The number of nitrogens with zero attached hydrogens (tertiary/aromatic N) is 1. The Hall–Kier alpha value is -4.47. The quantitative estimate of drug-likeness (QED) is 0.269. The Morgan fingerprint density at radius 1 is 1.13 bits per heavy atom. The van der Waals surface area contributed by atoms with Crippen LogP contribution in [0.25, 0.3) is 0 Å². The van der Waals surface area contributed by atoms with E-state index in [4.69, 9.17) is 18.9 Å². The normalized spacial score (nSPS) is 17.6. The number of benzene rings is 2. The number of aromatic amines is 1. The van der Waals surface area contributed by atoms with Crippen molar-refractivity contribution in [3.05, 3.63) is 92.9 Å². The number of ether oxygens (including phenoxy) is 5. The highest BCUT2D eigenvalue weighted by molar-refractivity contribution is 7.98. The second-order valence-electron chi connectivity index (χ2n) is 10.8. The van der Waals surface area contributed by atoms with Crippen LogP contribution < -0.4 is 15.5 Å². The number of carbonyl (C=O) groups excluding carboxylic acids is 3. The Balaban J connectivity index is 1.38. The maximum atomic E-state index is 15.0. The number of amides is 1. The van der Waals surface area contributed by atoms with Crippen LogP contribution in [0.5, 0.6) is 5.75 Å². The average Bonchev–Trinajstić information content (AvgIpc) is 3.20. The van der Waals surface area contributed by atoms with Crippen LogP contribution in [-0.4, -0.2) is 73.3 Å². The molecule has 15 heteroatoms. The number of H-pyrrole nitrogens is 1. The van der Waals surface area contributed by atoms with Crippen LogP contribution in [0.2, 0.25) is 0 Å². The molecule has 244 valence electrons. The van der Waals surface area contributed by atoms with Crippen molar-refractivity contribution in [1.82, 2.24) is 15.2 Å². The summed E-state index contributed by atoms with van der Waals surface area (Å²) in [5.74, 6) is -3.55. The third-order valence-corrected chi connectivity index (χ3v) is 8.53. The van der Waals surface area contributed by atoms with E-state index in [1.807, 2.05) is 24.3 Å². The molecule has 0 saturated carbocycles. The first kappa shape index (κ1) is 32.9. The van der Waals surface area contributed by atoms with E-state index in [0.29, 0.717) is 5.56 Å². The van der Waals surface area contributed by atoms with Crippen molar-refractivity contribution in [2.24, 2.45) is 0 Å². The zero-order valence-corrected chi connectivity index (χ0v) is 25.9. The van der Waals surface area contributed by atoms with Crippen LogP contribution >= 0.6 is 11.8 Å². The number of thioether (sulfide) groups is 1. The predicted molar refractivity (Wildman–Crippen MR) is 159 cm³/mol. The van der Waals surface area contributed by atoms with Crippen LogP contribution in [0.3, 0.4) is 0 Å². The molecule has 3 aromatic rings. The zero-order chi connectivity index (χ0) is 33.0. The third kappa shape index (κ3) is 6.85. The molecule has 2 aliphatic rings. The topological polar surface area (TPSA) is 145 Å². The number of rotatable bonds is 8. The van der Waals surface area contributed by atoms with Crippen LogP contribution in [0.4, 0.5) is 13.6 Å². The Labute approximate surface area is 266 Å². The summed E-state index contributed by atoms with van der Waals surface area (Å²) in [4.78, 5) is 55.7. The van der Waals surface area contributed by atoms with Gasteiger partial charge < -0.3 is 33.6 Å². The lowest BCUT2D eigenvalue weighted by Crippen LogP contribution is -2.56. The number of fused-ring (bicyclic) bond motifs is 2. The van der Waals surface area contributed by atoms with Gasteiger partial charge in [0.25, 0.3) is 5.91 Å². The molecule has 1 fully saturated rings. The molecule has 0 spiro atoms. The SMILES string of the molecule is COC(=O)C(C)(C)OC(=O)OCOc1c(C(=O)N2CCOC[C@H]2N[C@@H]2c3ccccc3SCc3c2ccc(F)c3F)[nH]ccc1=O. The molecule has 2 atom stereocenters. The minimum absolute atomic E-state index is 0.0503. The van der Waals surface area contributed by atoms with Crippen molar-refractivity contribution >= 4 is 29.8 Å². The molecule has 1 aromatic heterocycles. The number of aromatic nitrogens is 1. The van der Waals surface area contributed by atoms with Gasteiger partial charge in [-0.15, -0.1) is 11.8 Å². The Morgan fingerprint density at radius 3 is 2.70 bits per heavy atom. The molecule has 3 heterocycles. The summed E-state index contributed by atoms with van der Waals surface area (Å²) >= 11 is 1.38. The molecule has 0 unspecified atom stereocenters. The molecule has 1 amide bonds. The molecule has 46 heavy (non-hydrogen) atoms. The first-order chi connectivity index (χ1) is 22.0. The highest BCUT2D eigenvalue weighted by atomic mass is 32.2. The molecule has 2 aromatic carbocycles. The van der Waals surface area contributed by atoms with Crippen molar-refractivity contribution in [3.8, 4) is 5.75 Å². The number of pyridine rings is 1. The zero-order valence-electron chi connectivity index (χ0n) is 25.1. The lowest BCUT2D eigenvalue weighted by atomic mass is 9.94. The standard InChI is InChI=1S/C31H31F2N3O9S/c1-31(2,29(39)41-3)45-30(40)44-16-43-27-21(37)10-11-34-26(27)28(38)36-12-13-42-14-23(36)35-25-17-8-9-20(32)24(33)19(17)15-46-22-7-5-4-6-18(22)25/h4-11,23,25,35H,12-16H2,1-3H3,(H,34,37)/t23-,25-/m0/s1. The summed E-state index contributed by atoms with van der Waals surface area (Å²) in [6, 6.07) is 10.6. The molecule has 0 bridgehead atoms. The fourth-order valence-corrected chi connectivity index (χ4v) is 6.24. The Morgan fingerprint density at radius 2 is 1.91 bits per heavy atom. The highest BCUT2D eigenvalue weighted by Crippen LogP contribution is 2.41. The van der Waals surface area contributed by atoms with E-state index in [1.54, 1.807) is 0 Å². The van der Waals surface area contributed by atoms with Gasteiger partial charge in [-0.1, -0.05) is 24.3 Å². The number of nitrogens with one attached hydrogen (secondary N) is 2. The largest absolute Gasteiger partial charge is 0.512 e. The van der Waals surface area contributed by atoms with Crippen LogP contribution in [0, 0.1) is 11.6 Å². The van der Waals surface area contributed by atoms with E-state index in [-0.39, 0.29) is 36.8 Å². The van der Waals surface area contributed by atoms with E-state index in [2.05, 4.69) is 15.0 Å². The van der Waals surface area contributed by atoms with Gasteiger partial charge in [-0.05, 0) is 37.1 Å². The first-order valence-electron chi connectivity index (χ1n) is 14.1. The molecular weight excluding hydrogens is 628 g/mol. The van der Waals surface area contributed by atoms with Crippen LogP contribution in [0.15, 0.2) is 58.4 Å². The summed E-state index contributed by atoms with van der Waals surface area (Å²) in [6.45, 7) is 2.14. The van der Waals surface area contributed by atoms with Gasteiger partial charge in [-0.3, -0.25) is 14.9 Å². The third-order valence-electron chi connectivity index (χ3n) is 7.42. The Kier molecular flexibility index (Phi) is 9.94. The van der Waals surface area contributed by atoms with Gasteiger partial charge in [0.05, 0.1) is 26.4 Å². The maximum absolute atomic E-state index is 15.0. The van der Waals surface area contributed by atoms with Gasteiger partial charge in [0.15, 0.2) is 23.1 Å². The van der Waals surface area contributed by atoms with E-state index < -0.39 is 65.4 Å². The first-order valence-corrected chi connectivity index (χ1v) is 15.1. The Bertz CT molecular complexity index is 1700. The molecule has 2 N–H and O–H groups in total. The second-order valence-corrected chi connectivity index (χ2v) is 11.8. The van der Waals surface area contributed by atoms with Gasteiger partial charge in [0, 0.05) is 35.0 Å². The van der Waals surface area contributed by atoms with E-state index in [1.165, 1.54) is 42.8 Å². The lowest BCUT2D eigenvalue weighted by Gasteiger charge is -2.38. The minimum atomic E-state index is -1.65. The van der Waals surface area contributed by atoms with E-state index in [0.717, 1.165) is 29.7 Å². The maximum Gasteiger partial charge on any atom is 0.512 e. The van der Waals surface area contributed by atoms with Crippen molar-refractivity contribution in [2.75, 3.05) is 33.7 Å². The predicted octanol–water partition coefficient (Wildman–Crippen LogP) is 3.88. The molecule has 0 aliphatic carbocycles. The van der Waals surface area contributed by atoms with Gasteiger partial charge >= 0.3 is 12.1 Å². The fraction of sp³-hybridized carbons (Fsp3) is 0.355. The summed E-state index contributed by atoms with van der Waals surface area (Å²) < 4.78 is 54.8. The highest BCUT2D eigenvalue weighted by Gasteiger charge is 2.36. The number of methoxy groups -OCH3 is 1. The molecule has 5 rings (SSSR count). The molecule has 0 radical (unpaired) electrons. The van der Waals surface area contributed by atoms with Crippen molar-refractivity contribution < 1.29 is 46.8 Å². The van der Waals surface area contributed by atoms with Crippen molar-refractivity contribution in [1.29, 1.82) is 0 Å².